The van der Waals surface area contributed by atoms with Crippen molar-refractivity contribution < 1.29 is 19.1 Å². The van der Waals surface area contributed by atoms with Crippen molar-refractivity contribution in [3.63, 3.8) is 0 Å². The van der Waals surface area contributed by atoms with Crippen molar-refractivity contribution in [2.75, 3.05) is 20.3 Å². The Bertz CT molecular complexity index is 662. The number of methoxy groups -OCH3 is 1. The first-order valence-corrected chi connectivity index (χ1v) is 9.27. The average Bonchev–Trinajstić information content (AvgIpc) is 2.81. The largest absolute Gasteiger partial charge is 0.490 e. The van der Waals surface area contributed by atoms with Crippen LogP contribution in [0.25, 0.3) is 6.08 Å². The second-order valence-electron chi connectivity index (χ2n) is 5.35. The Morgan fingerprint density at radius 3 is 2.75 bits per heavy atom. The van der Waals surface area contributed by atoms with Gasteiger partial charge in [0.2, 0.25) is 0 Å². The second kappa shape index (κ2) is 8.69. The number of imide groups is 1. The van der Waals surface area contributed by atoms with E-state index in [-0.39, 0.29) is 23.8 Å². The first-order chi connectivity index (χ1) is 11.5. The molecule has 2 rings (SSSR count). The molecule has 1 fully saturated rings. The number of hydrogen-bond donors (Lipinski definition) is 0. The Kier molecular flexibility index (Phi) is 6.89. The molecule has 0 N–H and O–H groups in total. The maximum Gasteiger partial charge on any atom is 0.293 e. The highest BCUT2D eigenvalue weighted by Crippen LogP contribution is 2.34. The molecule has 1 saturated heterocycles. The molecule has 0 aromatic heterocycles. The minimum atomic E-state index is -0.280. The van der Waals surface area contributed by atoms with Crippen LogP contribution in [0.5, 0.6) is 5.75 Å². The molecule has 7 heteroatoms. The van der Waals surface area contributed by atoms with Crippen LogP contribution in [0.2, 0.25) is 0 Å². The standard InChI is InChI=1S/C17H20BrNO4S/c1-4-11(2)23-14-6-5-12(9-13(14)18)10-15-16(20)19(7-8-22-3)17(21)24-15/h5-6,9-11H,4,7-8H2,1-3H3/b15-10+/t11-/m0/s1. The molecule has 1 aromatic carbocycles. The number of carbonyl (C=O) groups is 2. The van der Waals surface area contributed by atoms with Gasteiger partial charge in [-0.25, -0.2) is 0 Å². The summed E-state index contributed by atoms with van der Waals surface area (Å²) in [6.45, 7) is 4.67. The van der Waals surface area contributed by atoms with Gasteiger partial charge >= 0.3 is 0 Å². The molecule has 0 spiro atoms. The number of benzene rings is 1. The van der Waals surface area contributed by atoms with E-state index in [1.165, 1.54) is 12.0 Å². The molecule has 130 valence electrons. The molecule has 1 aliphatic heterocycles. The summed E-state index contributed by atoms with van der Waals surface area (Å²) in [7, 11) is 1.54. The van der Waals surface area contributed by atoms with Crippen molar-refractivity contribution in [2.24, 2.45) is 0 Å². The molecule has 1 atom stereocenters. The van der Waals surface area contributed by atoms with Crippen molar-refractivity contribution in [1.29, 1.82) is 0 Å². The summed E-state index contributed by atoms with van der Waals surface area (Å²) < 4.78 is 11.5. The van der Waals surface area contributed by atoms with Crippen molar-refractivity contribution >= 4 is 44.9 Å². The normalized spacial score (nSPS) is 17.7. The minimum Gasteiger partial charge on any atom is -0.490 e. The predicted molar refractivity (Wildman–Crippen MR) is 99.1 cm³/mol. The first-order valence-electron chi connectivity index (χ1n) is 7.66. The van der Waals surface area contributed by atoms with E-state index < -0.39 is 0 Å². The average molecular weight is 414 g/mol. The summed E-state index contributed by atoms with van der Waals surface area (Å²) in [5, 5.41) is -0.265. The number of halogens is 1. The molecular weight excluding hydrogens is 394 g/mol. The van der Waals surface area contributed by atoms with Gasteiger partial charge < -0.3 is 9.47 Å². The van der Waals surface area contributed by atoms with Crippen molar-refractivity contribution in [1.82, 2.24) is 4.90 Å². The summed E-state index contributed by atoms with van der Waals surface area (Å²) in [4.78, 5) is 25.8. The summed E-state index contributed by atoms with van der Waals surface area (Å²) >= 11 is 4.44. The summed E-state index contributed by atoms with van der Waals surface area (Å²) in [6.07, 6.45) is 2.77. The molecule has 0 unspecified atom stereocenters. The zero-order chi connectivity index (χ0) is 17.7. The molecule has 1 aromatic rings. The molecule has 5 nitrogen and oxygen atoms in total. The third kappa shape index (κ3) is 4.62. The smallest absolute Gasteiger partial charge is 0.293 e. The van der Waals surface area contributed by atoms with Gasteiger partial charge in [0.25, 0.3) is 11.1 Å². The van der Waals surface area contributed by atoms with Gasteiger partial charge in [-0.1, -0.05) is 13.0 Å². The topological polar surface area (TPSA) is 55.8 Å². The van der Waals surface area contributed by atoms with E-state index in [2.05, 4.69) is 22.9 Å². The molecule has 0 bridgehead atoms. The lowest BCUT2D eigenvalue weighted by atomic mass is 10.2. The van der Waals surface area contributed by atoms with Crippen LogP contribution in [-0.4, -0.2) is 42.4 Å². The Morgan fingerprint density at radius 1 is 1.38 bits per heavy atom. The molecule has 0 saturated carbocycles. The maximum absolute atomic E-state index is 12.3. The van der Waals surface area contributed by atoms with Gasteiger partial charge in [0.15, 0.2) is 0 Å². The Hall–Kier alpha value is -1.31. The van der Waals surface area contributed by atoms with Crippen LogP contribution in [0, 0.1) is 0 Å². The van der Waals surface area contributed by atoms with Crippen LogP contribution in [0.4, 0.5) is 4.79 Å². The number of rotatable bonds is 7. The maximum atomic E-state index is 12.3. The molecule has 2 amide bonds. The van der Waals surface area contributed by atoms with Gasteiger partial charge in [-0.2, -0.15) is 0 Å². The number of amides is 2. The Balaban J connectivity index is 2.15. The Morgan fingerprint density at radius 2 is 2.12 bits per heavy atom. The zero-order valence-electron chi connectivity index (χ0n) is 13.9. The van der Waals surface area contributed by atoms with Crippen molar-refractivity contribution in [3.05, 3.63) is 33.1 Å². The summed E-state index contributed by atoms with van der Waals surface area (Å²) in [5.41, 5.74) is 0.829. The van der Waals surface area contributed by atoms with Gasteiger partial charge in [-0.15, -0.1) is 0 Å². The minimum absolute atomic E-state index is 0.129. The fraction of sp³-hybridized carbons (Fsp3) is 0.412. The van der Waals surface area contributed by atoms with E-state index in [0.717, 1.165) is 34.0 Å². The van der Waals surface area contributed by atoms with Gasteiger partial charge in [-0.3, -0.25) is 14.5 Å². The fourth-order valence-corrected chi connectivity index (χ4v) is 3.38. The molecule has 1 aliphatic rings. The number of hydrogen-bond acceptors (Lipinski definition) is 5. The lowest BCUT2D eigenvalue weighted by Gasteiger charge is -2.14. The van der Waals surface area contributed by atoms with E-state index in [9.17, 15) is 9.59 Å². The van der Waals surface area contributed by atoms with E-state index in [1.54, 1.807) is 6.08 Å². The summed E-state index contributed by atoms with van der Waals surface area (Å²) in [5.74, 6) is 0.479. The van der Waals surface area contributed by atoms with Gasteiger partial charge in [-0.05, 0) is 64.8 Å². The lowest BCUT2D eigenvalue weighted by molar-refractivity contribution is -0.123. The highest BCUT2D eigenvalue weighted by molar-refractivity contribution is 9.10. The third-order valence-electron chi connectivity index (χ3n) is 3.55. The lowest BCUT2D eigenvalue weighted by Crippen LogP contribution is -2.31. The van der Waals surface area contributed by atoms with E-state index >= 15 is 0 Å². The van der Waals surface area contributed by atoms with E-state index in [4.69, 9.17) is 9.47 Å². The number of carbonyl (C=O) groups excluding carboxylic acids is 2. The number of nitrogens with zero attached hydrogens (tertiary/aromatic N) is 1. The van der Waals surface area contributed by atoms with Gasteiger partial charge in [0, 0.05) is 7.11 Å². The van der Waals surface area contributed by atoms with Gasteiger partial charge in [0.1, 0.15) is 5.75 Å². The second-order valence-corrected chi connectivity index (χ2v) is 7.20. The Labute approximate surface area is 154 Å². The third-order valence-corrected chi connectivity index (χ3v) is 5.08. The molecule has 0 aliphatic carbocycles. The molecule has 1 heterocycles. The zero-order valence-corrected chi connectivity index (χ0v) is 16.3. The SMILES string of the molecule is CC[C@H](C)Oc1ccc(/C=C2/SC(=O)N(CCOC)C2=O)cc1Br. The quantitative estimate of drug-likeness (QED) is 0.623. The van der Waals surface area contributed by atoms with Gasteiger partial charge in [0.05, 0.1) is 28.6 Å². The summed E-state index contributed by atoms with van der Waals surface area (Å²) in [6, 6.07) is 5.60. The number of thioether (sulfide) groups is 1. The van der Waals surface area contributed by atoms with Crippen LogP contribution < -0.4 is 4.74 Å². The van der Waals surface area contributed by atoms with Crippen LogP contribution in [0.15, 0.2) is 27.6 Å². The first kappa shape index (κ1) is 19.0. The van der Waals surface area contributed by atoms with Crippen LogP contribution in [-0.2, 0) is 9.53 Å². The monoisotopic (exact) mass is 413 g/mol. The van der Waals surface area contributed by atoms with Crippen LogP contribution >= 0.6 is 27.7 Å². The van der Waals surface area contributed by atoms with Crippen LogP contribution in [0.3, 0.4) is 0 Å². The van der Waals surface area contributed by atoms with E-state index in [1.807, 2.05) is 25.1 Å². The molecule has 24 heavy (non-hydrogen) atoms. The fourth-order valence-electron chi connectivity index (χ4n) is 2.03. The highest BCUT2D eigenvalue weighted by atomic mass is 79.9. The van der Waals surface area contributed by atoms with Crippen LogP contribution in [0.1, 0.15) is 25.8 Å². The predicted octanol–water partition coefficient (Wildman–Crippen LogP) is 4.31. The van der Waals surface area contributed by atoms with Crippen molar-refractivity contribution in [3.8, 4) is 5.75 Å². The highest BCUT2D eigenvalue weighted by Gasteiger charge is 2.34. The molecule has 0 radical (unpaired) electrons. The van der Waals surface area contributed by atoms with E-state index in [0.29, 0.717) is 11.5 Å². The number of ether oxygens (including phenoxy) is 2. The molecular formula is C17H20BrNO4S. The van der Waals surface area contributed by atoms with Crippen molar-refractivity contribution in [2.45, 2.75) is 26.4 Å².